The van der Waals surface area contributed by atoms with E-state index in [4.69, 9.17) is 16.3 Å². The van der Waals surface area contributed by atoms with E-state index in [0.29, 0.717) is 35.9 Å². The average Bonchev–Trinajstić information content (AvgIpc) is 3.82. The zero-order chi connectivity index (χ0) is 40.5. The second-order valence-corrected chi connectivity index (χ2v) is 15.4. The van der Waals surface area contributed by atoms with Gasteiger partial charge in [-0.3, -0.25) is 9.59 Å². The lowest BCUT2D eigenvalue weighted by Gasteiger charge is -2.38. The SMILES string of the molecule is COC(=O)N[C@H](C(=O)N1C[C@@H](C)C[C@H]1c1ncc(-c2ccc(-c3cc(Cl)c(NC(=O)c4ccc(N5C[C@H](C)NC[C@H]5C)nc4)cc3C(F)(F)F)cc2)[nH]1)C(C)C. The van der Waals surface area contributed by atoms with Crippen LogP contribution in [0.5, 0.6) is 0 Å². The number of H-pyrrole nitrogens is 1. The van der Waals surface area contributed by atoms with Crippen molar-refractivity contribution < 1.29 is 32.3 Å². The largest absolute Gasteiger partial charge is 0.453 e. The number of benzene rings is 2. The van der Waals surface area contributed by atoms with Crippen molar-refractivity contribution in [2.45, 2.75) is 71.4 Å². The summed E-state index contributed by atoms with van der Waals surface area (Å²) in [7, 11) is 1.24. The van der Waals surface area contributed by atoms with Crippen LogP contribution in [0.15, 0.2) is 60.9 Å². The number of aromatic nitrogens is 3. The van der Waals surface area contributed by atoms with Crippen LogP contribution in [0.25, 0.3) is 22.4 Å². The molecule has 0 spiro atoms. The predicted molar refractivity (Wildman–Crippen MR) is 208 cm³/mol. The molecule has 0 saturated carbocycles. The van der Waals surface area contributed by atoms with E-state index in [1.165, 1.54) is 19.4 Å². The second-order valence-electron chi connectivity index (χ2n) is 15.0. The molecule has 0 unspecified atom stereocenters. The number of alkyl carbamates (subject to hydrolysis) is 1. The molecule has 2 saturated heterocycles. The number of imidazole rings is 1. The van der Waals surface area contributed by atoms with Gasteiger partial charge in [0.2, 0.25) is 5.91 Å². The van der Waals surface area contributed by atoms with Gasteiger partial charge in [-0.2, -0.15) is 13.2 Å². The topological polar surface area (TPSA) is 145 Å². The molecular weight excluding hydrogens is 749 g/mol. The van der Waals surface area contributed by atoms with Crippen molar-refractivity contribution >= 4 is 41.0 Å². The van der Waals surface area contributed by atoms with Gasteiger partial charge in [0.05, 0.1) is 46.9 Å². The molecule has 2 aromatic carbocycles. The molecule has 2 aliphatic rings. The molecule has 0 aliphatic carbocycles. The number of piperazine rings is 1. The Balaban J connectivity index is 1.19. The number of rotatable bonds is 9. The van der Waals surface area contributed by atoms with Gasteiger partial charge in [-0.15, -0.1) is 0 Å². The maximum absolute atomic E-state index is 14.5. The minimum absolute atomic E-state index is 0.0665. The van der Waals surface area contributed by atoms with Crippen LogP contribution < -0.4 is 20.9 Å². The van der Waals surface area contributed by atoms with Gasteiger partial charge in [-0.25, -0.2) is 14.8 Å². The van der Waals surface area contributed by atoms with Gasteiger partial charge in [0.1, 0.15) is 17.7 Å². The van der Waals surface area contributed by atoms with Crippen LogP contribution >= 0.6 is 11.6 Å². The molecule has 6 rings (SSSR count). The first kappa shape index (κ1) is 40.5. The van der Waals surface area contributed by atoms with E-state index in [0.717, 1.165) is 19.2 Å². The molecule has 2 fully saturated rings. The quantitative estimate of drug-likeness (QED) is 0.136. The van der Waals surface area contributed by atoms with E-state index in [1.807, 2.05) is 20.8 Å². The molecular formula is C40H46ClF3N8O4. The maximum Gasteiger partial charge on any atom is 0.417 e. The zero-order valence-corrected chi connectivity index (χ0v) is 32.8. The molecule has 4 aromatic rings. The third kappa shape index (κ3) is 8.78. The van der Waals surface area contributed by atoms with Gasteiger partial charge < -0.3 is 35.5 Å². The van der Waals surface area contributed by atoms with Crippen LogP contribution in [-0.4, -0.2) is 82.6 Å². The second kappa shape index (κ2) is 16.5. The number of methoxy groups -OCH3 is 1. The average molecular weight is 795 g/mol. The van der Waals surface area contributed by atoms with Gasteiger partial charge >= 0.3 is 12.3 Å². The maximum atomic E-state index is 14.5. The number of nitrogens with zero attached hydrogens (tertiary/aromatic N) is 4. The van der Waals surface area contributed by atoms with Crippen molar-refractivity contribution in [1.29, 1.82) is 0 Å². The first-order valence-electron chi connectivity index (χ1n) is 18.5. The smallest absolute Gasteiger partial charge is 0.417 e. The Hall–Kier alpha value is -5.15. The zero-order valence-electron chi connectivity index (χ0n) is 32.0. The molecule has 4 N–H and O–H groups in total. The Kier molecular flexibility index (Phi) is 12.0. The van der Waals surface area contributed by atoms with Gasteiger partial charge in [0.25, 0.3) is 5.91 Å². The van der Waals surface area contributed by atoms with Crippen molar-refractivity contribution in [2.24, 2.45) is 11.8 Å². The van der Waals surface area contributed by atoms with Crippen molar-refractivity contribution in [3.8, 4) is 22.4 Å². The van der Waals surface area contributed by atoms with Crippen molar-refractivity contribution in [2.75, 3.05) is 37.0 Å². The summed E-state index contributed by atoms with van der Waals surface area (Å²) in [6, 6.07) is 11.1. The number of alkyl halides is 3. The fourth-order valence-electron chi connectivity index (χ4n) is 7.28. The van der Waals surface area contributed by atoms with Crippen LogP contribution in [0.4, 0.5) is 29.5 Å². The van der Waals surface area contributed by atoms with Crippen LogP contribution in [-0.2, 0) is 15.7 Å². The number of likely N-dealkylation sites (tertiary alicyclic amines) is 1. The summed E-state index contributed by atoms with van der Waals surface area (Å²) in [4.78, 5) is 55.0. The van der Waals surface area contributed by atoms with E-state index in [9.17, 15) is 27.6 Å². The van der Waals surface area contributed by atoms with Crippen LogP contribution in [0.3, 0.4) is 0 Å². The lowest BCUT2D eigenvalue weighted by atomic mass is 9.97. The first-order chi connectivity index (χ1) is 26.5. The normalized spacial score (nSPS) is 20.6. The number of amides is 3. The summed E-state index contributed by atoms with van der Waals surface area (Å²) in [6.45, 7) is 11.9. The van der Waals surface area contributed by atoms with Crippen molar-refractivity contribution in [3.05, 3.63) is 82.9 Å². The molecule has 16 heteroatoms. The van der Waals surface area contributed by atoms with E-state index in [1.54, 1.807) is 47.5 Å². The molecule has 56 heavy (non-hydrogen) atoms. The molecule has 2 aliphatic heterocycles. The number of hydrogen-bond donors (Lipinski definition) is 4. The lowest BCUT2D eigenvalue weighted by Crippen LogP contribution is -2.54. The highest BCUT2D eigenvalue weighted by Crippen LogP contribution is 2.42. The number of nitrogens with one attached hydrogen (secondary N) is 4. The third-order valence-corrected chi connectivity index (χ3v) is 10.6. The minimum Gasteiger partial charge on any atom is -0.453 e. The third-order valence-electron chi connectivity index (χ3n) is 10.3. The summed E-state index contributed by atoms with van der Waals surface area (Å²) in [6.07, 6.45) is -1.79. The van der Waals surface area contributed by atoms with Gasteiger partial charge in [0.15, 0.2) is 0 Å². The Bertz CT molecular complexity index is 2060. The van der Waals surface area contributed by atoms with E-state index >= 15 is 0 Å². The molecule has 3 amide bonds. The summed E-state index contributed by atoms with van der Waals surface area (Å²) >= 11 is 6.52. The predicted octanol–water partition coefficient (Wildman–Crippen LogP) is 7.54. The number of hydrogen-bond acceptors (Lipinski definition) is 8. The lowest BCUT2D eigenvalue weighted by molar-refractivity contribution is -0.137. The highest BCUT2D eigenvalue weighted by Gasteiger charge is 2.40. The first-order valence-corrected chi connectivity index (χ1v) is 18.9. The Morgan fingerprint density at radius 3 is 2.34 bits per heavy atom. The number of carbonyl (C=O) groups is 3. The van der Waals surface area contributed by atoms with E-state index < -0.39 is 29.8 Å². The molecule has 0 bridgehead atoms. The number of carbonyl (C=O) groups excluding carboxylic acids is 3. The Morgan fingerprint density at radius 1 is 0.982 bits per heavy atom. The Labute approximate surface area is 328 Å². The summed E-state index contributed by atoms with van der Waals surface area (Å²) in [5.41, 5.74) is 0.398. The fourth-order valence-corrected chi connectivity index (χ4v) is 7.49. The number of pyridine rings is 1. The highest BCUT2D eigenvalue weighted by molar-refractivity contribution is 6.34. The Morgan fingerprint density at radius 2 is 1.70 bits per heavy atom. The molecule has 2 aromatic heterocycles. The van der Waals surface area contributed by atoms with Crippen LogP contribution in [0.2, 0.25) is 5.02 Å². The van der Waals surface area contributed by atoms with Crippen molar-refractivity contribution in [3.63, 3.8) is 0 Å². The summed E-state index contributed by atoms with van der Waals surface area (Å²) in [5, 5.41) is 8.51. The van der Waals surface area contributed by atoms with E-state index in [2.05, 4.69) is 49.6 Å². The highest BCUT2D eigenvalue weighted by atomic mass is 35.5. The van der Waals surface area contributed by atoms with Gasteiger partial charge in [-0.1, -0.05) is 56.6 Å². The molecule has 12 nitrogen and oxygen atoms in total. The summed E-state index contributed by atoms with van der Waals surface area (Å²) in [5.74, 6) is 0.361. The van der Waals surface area contributed by atoms with Crippen LogP contribution in [0.1, 0.15) is 68.8 Å². The molecule has 0 radical (unpaired) electrons. The standard InChI is InChI=1S/C40H46ClF3N8O4/c1-21(2)35(50-39(55)56-6)38(54)52-19-22(3)13-33(52)36-47-18-32(48-36)26-9-7-25(8-10-26)28-14-30(41)31(15-29(28)40(42,43)44)49-37(53)27-11-12-34(46-17-27)51-20-23(4)45-16-24(51)5/h7-12,14-15,17-18,21-24,33,35,45H,13,16,19-20H2,1-6H3,(H,47,48)(H,49,53)(H,50,55)/t22-,23-,24+,33-,35-/m0/s1. The van der Waals surface area contributed by atoms with Crippen molar-refractivity contribution in [1.82, 2.24) is 30.5 Å². The van der Waals surface area contributed by atoms with Gasteiger partial charge in [0, 0.05) is 37.9 Å². The summed E-state index contributed by atoms with van der Waals surface area (Å²) < 4.78 is 48.3. The number of halogens is 4. The molecule has 4 heterocycles. The van der Waals surface area contributed by atoms with Crippen LogP contribution in [0, 0.1) is 11.8 Å². The number of ether oxygens (including phenoxy) is 1. The molecule has 5 atom stereocenters. The molecule has 298 valence electrons. The fraction of sp³-hybridized carbons (Fsp3) is 0.425. The minimum atomic E-state index is -4.76. The number of anilines is 2. The monoisotopic (exact) mass is 794 g/mol. The van der Waals surface area contributed by atoms with E-state index in [-0.39, 0.29) is 63.3 Å². The van der Waals surface area contributed by atoms with Gasteiger partial charge in [-0.05, 0) is 73.1 Å². The number of aromatic amines is 1.